The molecule has 2 aromatic heterocycles. The van der Waals surface area contributed by atoms with Gasteiger partial charge in [-0.15, -0.1) is 0 Å². The quantitative estimate of drug-likeness (QED) is 0.594. The van der Waals surface area contributed by atoms with E-state index >= 15 is 0 Å². The van der Waals surface area contributed by atoms with Crippen LogP contribution in [-0.2, 0) is 11.3 Å². The molecule has 1 aromatic carbocycles. The van der Waals surface area contributed by atoms with Crippen LogP contribution in [0.2, 0.25) is 0 Å². The largest absolute Gasteiger partial charge is 0.486 e. The summed E-state index contributed by atoms with van der Waals surface area (Å²) in [5, 5.41) is 12.8. The molecular formula is C26H28N4O4. The zero-order valence-electron chi connectivity index (χ0n) is 19.5. The van der Waals surface area contributed by atoms with Gasteiger partial charge in [0.2, 0.25) is 5.91 Å². The first-order valence-electron chi connectivity index (χ1n) is 11.6. The fourth-order valence-electron chi connectivity index (χ4n) is 4.90. The van der Waals surface area contributed by atoms with E-state index in [0.29, 0.717) is 31.1 Å². The average molecular weight is 461 g/mol. The van der Waals surface area contributed by atoms with Crippen molar-refractivity contribution in [1.82, 2.24) is 9.47 Å². The third-order valence-electron chi connectivity index (χ3n) is 6.75. The van der Waals surface area contributed by atoms with Gasteiger partial charge < -0.3 is 23.8 Å². The summed E-state index contributed by atoms with van der Waals surface area (Å²) >= 11 is 0. The van der Waals surface area contributed by atoms with Gasteiger partial charge in [0.1, 0.15) is 30.9 Å². The van der Waals surface area contributed by atoms with Crippen molar-refractivity contribution in [3.8, 4) is 17.6 Å². The number of likely N-dealkylation sites (tertiary alicyclic amines) is 1. The minimum absolute atomic E-state index is 0.135. The van der Waals surface area contributed by atoms with Crippen molar-refractivity contribution >= 4 is 11.7 Å². The molecule has 2 aliphatic heterocycles. The number of benzene rings is 1. The van der Waals surface area contributed by atoms with E-state index in [1.807, 2.05) is 42.7 Å². The van der Waals surface area contributed by atoms with Crippen LogP contribution >= 0.6 is 0 Å². The Balaban J connectivity index is 1.34. The Bertz CT molecular complexity index is 1240. The molecule has 0 radical (unpaired) electrons. The van der Waals surface area contributed by atoms with Crippen molar-refractivity contribution in [2.24, 2.45) is 0 Å². The van der Waals surface area contributed by atoms with E-state index in [4.69, 9.17) is 13.9 Å². The van der Waals surface area contributed by atoms with Gasteiger partial charge in [0, 0.05) is 11.7 Å². The molecule has 4 heterocycles. The Labute approximate surface area is 198 Å². The van der Waals surface area contributed by atoms with Gasteiger partial charge in [0.15, 0.2) is 11.5 Å². The number of nitrogens with one attached hydrogen (secondary N) is 1. The molecule has 1 unspecified atom stereocenters. The molecule has 0 spiro atoms. The minimum Gasteiger partial charge on any atom is -0.486 e. The van der Waals surface area contributed by atoms with E-state index in [2.05, 4.69) is 22.4 Å². The third kappa shape index (κ3) is 4.15. The van der Waals surface area contributed by atoms with E-state index in [9.17, 15) is 10.1 Å². The monoisotopic (exact) mass is 460 g/mol. The molecule has 1 atom stereocenters. The lowest BCUT2D eigenvalue weighted by molar-refractivity contribution is -0.117. The number of furan rings is 1. The molecule has 8 nitrogen and oxygen atoms in total. The first-order chi connectivity index (χ1) is 16.5. The number of hydrogen-bond donors (Lipinski definition) is 1. The molecule has 1 saturated heterocycles. The summed E-state index contributed by atoms with van der Waals surface area (Å²) in [6.45, 7) is 6.49. The summed E-state index contributed by atoms with van der Waals surface area (Å²) < 4.78 is 18.8. The minimum atomic E-state index is -0.140. The van der Waals surface area contributed by atoms with Gasteiger partial charge in [-0.25, -0.2) is 0 Å². The highest BCUT2D eigenvalue weighted by molar-refractivity contribution is 5.93. The predicted molar refractivity (Wildman–Crippen MR) is 126 cm³/mol. The second-order valence-electron chi connectivity index (χ2n) is 8.79. The third-order valence-corrected chi connectivity index (χ3v) is 6.75. The van der Waals surface area contributed by atoms with Crippen molar-refractivity contribution in [1.29, 1.82) is 5.26 Å². The maximum Gasteiger partial charge on any atom is 0.239 e. The average Bonchev–Trinajstić information content (AvgIpc) is 3.57. The van der Waals surface area contributed by atoms with Crippen LogP contribution in [0.4, 0.5) is 5.82 Å². The molecule has 1 N–H and O–H groups in total. The summed E-state index contributed by atoms with van der Waals surface area (Å²) in [5.74, 6) is 2.68. The molecule has 1 amide bonds. The summed E-state index contributed by atoms with van der Waals surface area (Å²) in [6, 6.07) is 12.2. The lowest BCUT2D eigenvalue weighted by Crippen LogP contribution is -2.33. The molecule has 3 aromatic rings. The Hall–Kier alpha value is -3.70. The van der Waals surface area contributed by atoms with E-state index < -0.39 is 0 Å². The van der Waals surface area contributed by atoms with Gasteiger partial charge in [-0.3, -0.25) is 9.69 Å². The topological polar surface area (TPSA) is 92.7 Å². The van der Waals surface area contributed by atoms with Crippen LogP contribution in [0.15, 0.2) is 41.0 Å². The number of nitriles is 1. The van der Waals surface area contributed by atoms with Crippen molar-refractivity contribution in [3.05, 3.63) is 64.7 Å². The van der Waals surface area contributed by atoms with Gasteiger partial charge >= 0.3 is 0 Å². The molecule has 0 aliphatic carbocycles. The number of anilines is 1. The number of aromatic nitrogens is 1. The molecule has 0 saturated carbocycles. The number of fused-ring (bicyclic) bond motifs is 1. The van der Waals surface area contributed by atoms with Crippen molar-refractivity contribution in [3.63, 3.8) is 0 Å². The molecule has 2 aliphatic rings. The smallest absolute Gasteiger partial charge is 0.239 e. The molecule has 34 heavy (non-hydrogen) atoms. The molecule has 5 rings (SSSR count). The predicted octanol–water partition coefficient (Wildman–Crippen LogP) is 4.16. The Morgan fingerprint density at radius 2 is 2.03 bits per heavy atom. The van der Waals surface area contributed by atoms with Gasteiger partial charge in [0.25, 0.3) is 0 Å². The summed E-state index contributed by atoms with van der Waals surface area (Å²) in [7, 11) is 0. The maximum absolute atomic E-state index is 13.2. The fraction of sp³-hybridized carbons (Fsp3) is 0.385. The number of hydrogen-bond acceptors (Lipinski definition) is 6. The normalized spacial score (nSPS) is 17.5. The highest BCUT2D eigenvalue weighted by atomic mass is 16.6. The molecule has 1 fully saturated rings. The number of rotatable bonds is 6. The zero-order valence-corrected chi connectivity index (χ0v) is 19.5. The zero-order chi connectivity index (χ0) is 23.7. The second-order valence-corrected chi connectivity index (χ2v) is 8.79. The molecule has 176 valence electrons. The number of nitrogens with zero attached hydrogens (tertiary/aromatic N) is 3. The van der Waals surface area contributed by atoms with Gasteiger partial charge in [-0.05, 0) is 68.6 Å². The number of ether oxygens (including phenoxy) is 2. The van der Waals surface area contributed by atoms with E-state index in [1.165, 1.54) is 0 Å². The Kier molecular flexibility index (Phi) is 6.03. The van der Waals surface area contributed by atoms with Crippen molar-refractivity contribution in [2.45, 2.75) is 39.3 Å². The fourth-order valence-corrected chi connectivity index (χ4v) is 4.90. The number of carbonyl (C=O) groups is 1. The van der Waals surface area contributed by atoms with Gasteiger partial charge in [-0.1, -0.05) is 6.07 Å². The first-order valence-corrected chi connectivity index (χ1v) is 11.6. The van der Waals surface area contributed by atoms with Gasteiger partial charge in [0.05, 0.1) is 24.9 Å². The second kappa shape index (κ2) is 9.27. The van der Waals surface area contributed by atoms with Crippen LogP contribution < -0.4 is 14.8 Å². The lowest BCUT2D eigenvalue weighted by Gasteiger charge is -2.26. The van der Waals surface area contributed by atoms with Crippen molar-refractivity contribution in [2.75, 3.05) is 31.6 Å². The standard InChI is InChI=1S/C26H28N4O4/c1-17-18(2)30(15-20-5-4-10-32-20)26(21(17)14-27)28-25(31)16-29-9-3-6-22(29)19-7-8-23-24(13-19)34-12-11-33-23/h4-5,7-8,10,13,22H,3,6,9,11-12,15-16H2,1-2H3,(H,28,31). The maximum atomic E-state index is 13.2. The number of carbonyl (C=O) groups excluding carboxylic acids is 1. The van der Waals surface area contributed by atoms with E-state index in [-0.39, 0.29) is 18.5 Å². The van der Waals surface area contributed by atoms with E-state index in [1.54, 1.807) is 6.26 Å². The Morgan fingerprint density at radius 3 is 2.79 bits per heavy atom. The van der Waals surface area contributed by atoms with Crippen LogP contribution in [0, 0.1) is 25.2 Å². The summed E-state index contributed by atoms with van der Waals surface area (Å²) in [6.07, 6.45) is 3.61. The lowest BCUT2D eigenvalue weighted by atomic mass is 10.0. The summed E-state index contributed by atoms with van der Waals surface area (Å²) in [4.78, 5) is 15.4. The first kappa shape index (κ1) is 22.1. The van der Waals surface area contributed by atoms with Crippen LogP contribution in [0.1, 0.15) is 47.0 Å². The SMILES string of the molecule is Cc1c(C#N)c(NC(=O)CN2CCCC2c2ccc3c(c2)OCCO3)n(Cc2ccco2)c1C. The van der Waals surface area contributed by atoms with E-state index in [0.717, 1.165) is 53.5 Å². The van der Waals surface area contributed by atoms with Crippen LogP contribution in [0.5, 0.6) is 11.5 Å². The highest BCUT2D eigenvalue weighted by Crippen LogP contribution is 2.38. The highest BCUT2D eigenvalue weighted by Gasteiger charge is 2.29. The molecular weight excluding hydrogens is 432 g/mol. The number of amides is 1. The molecule has 0 bridgehead atoms. The van der Waals surface area contributed by atoms with Gasteiger partial charge in [-0.2, -0.15) is 5.26 Å². The Morgan fingerprint density at radius 1 is 1.21 bits per heavy atom. The van der Waals surface area contributed by atoms with Crippen LogP contribution in [0.25, 0.3) is 0 Å². The summed E-state index contributed by atoms with van der Waals surface area (Å²) in [5.41, 5.74) is 3.40. The van der Waals surface area contributed by atoms with Crippen molar-refractivity contribution < 1.29 is 18.7 Å². The molecule has 8 heteroatoms. The van der Waals surface area contributed by atoms with Crippen LogP contribution in [-0.4, -0.2) is 41.7 Å². The van der Waals surface area contributed by atoms with Crippen LogP contribution in [0.3, 0.4) is 0 Å².